The second-order valence-electron chi connectivity index (χ2n) is 3.15. The fourth-order valence-corrected chi connectivity index (χ4v) is 2.01. The van der Waals surface area contributed by atoms with E-state index in [0.29, 0.717) is 0 Å². The van der Waals surface area contributed by atoms with Crippen LogP contribution in [-0.2, 0) is 32.4 Å². The van der Waals surface area contributed by atoms with E-state index in [9.17, 15) is 8.42 Å². The first-order valence-corrected chi connectivity index (χ1v) is 6.47. The van der Waals surface area contributed by atoms with Crippen LogP contribution in [0.25, 0.3) is 4.72 Å². The van der Waals surface area contributed by atoms with Gasteiger partial charge in [-0.1, -0.05) is 24.3 Å². The van der Waals surface area contributed by atoms with Crippen LogP contribution in [0, 0.1) is 57.1 Å². The van der Waals surface area contributed by atoms with Crippen LogP contribution in [0.4, 0.5) is 5.95 Å². The molecule has 0 aliphatic carbocycles. The molecule has 117 valence electrons. The van der Waals surface area contributed by atoms with Gasteiger partial charge >= 0.3 is 64.1 Å². The van der Waals surface area contributed by atoms with Gasteiger partial charge in [-0.25, -0.2) is 8.42 Å². The molecule has 0 bridgehead atoms. The van der Waals surface area contributed by atoms with Crippen molar-refractivity contribution in [2.75, 3.05) is 0 Å². The SMILES string of the molecule is O=S(=O)([N-]c1ncccn1)c1ccccc1.O=[N+]([O-])[O-].[Ag+].[Ce+3]. The van der Waals surface area contributed by atoms with Gasteiger partial charge in [0.15, 0.2) is 0 Å². The molecule has 0 fully saturated rings. The molecule has 1 radical (unpaired) electrons. The van der Waals surface area contributed by atoms with Crippen LogP contribution < -0.4 is 0 Å². The third-order valence-electron chi connectivity index (χ3n) is 1.80. The molecule has 0 N–H and O–H groups in total. The first-order valence-electron chi connectivity index (χ1n) is 5.03. The Labute approximate surface area is 175 Å². The molecule has 0 spiro atoms. The molecule has 9 nitrogen and oxygen atoms in total. The maximum Gasteiger partial charge on any atom is 3.00 e. The molecule has 2 rings (SSSR count). The normalized spacial score (nSPS) is 9.09. The molecule has 22 heavy (non-hydrogen) atoms. The van der Waals surface area contributed by atoms with E-state index >= 15 is 0 Å². The Morgan fingerprint density at radius 1 is 1.00 bits per heavy atom. The summed E-state index contributed by atoms with van der Waals surface area (Å²) >= 11 is 0. The van der Waals surface area contributed by atoms with E-state index in [1.807, 2.05) is 0 Å². The first-order chi connectivity index (χ1) is 9.42. The number of hydrogen-bond donors (Lipinski definition) is 0. The quantitative estimate of drug-likeness (QED) is 0.325. The number of aromatic nitrogens is 2. The number of nitrogens with zero attached hydrogens (tertiary/aromatic N) is 4. The van der Waals surface area contributed by atoms with Crippen LogP contribution in [0.3, 0.4) is 0 Å². The van der Waals surface area contributed by atoms with Crippen LogP contribution in [-0.4, -0.2) is 23.5 Å². The molecule has 1 heterocycles. The van der Waals surface area contributed by atoms with Crippen molar-refractivity contribution >= 4 is 16.0 Å². The van der Waals surface area contributed by atoms with Gasteiger partial charge < -0.3 is 25.3 Å². The zero-order valence-electron chi connectivity index (χ0n) is 10.7. The summed E-state index contributed by atoms with van der Waals surface area (Å²) in [4.78, 5) is 15.8. The second-order valence-corrected chi connectivity index (χ2v) is 4.76. The Bertz CT molecular complexity index is 656. The Hall–Kier alpha value is -0.633. The van der Waals surface area contributed by atoms with E-state index in [0.717, 1.165) is 0 Å². The number of sulfonamides is 1. The van der Waals surface area contributed by atoms with E-state index in [2.05, 4.69) is 14.7 Å². The minimum atomic E-state index is -3.71. The van der Waals surface area contributed by atoms with Crippen molar-refractivity contribution in [1.29, 1.82) is 0 Å². The predicted octanol–water partition coefficient (Wildman–Crippen LogP) is 1.63. The monoisotopic (exact) mass is 543 g/mol. The van der Waals surface area contributed by atoms with Crippen LogP contribution in [0.5, 0.6) is 0 Å². The van der Waals surface area contributed by atoms with E-state index in [1.54, 1.807) is 24.3 Å². The Morgan fingerprint density at radius 2 is 1.45 bits per heavy atom. The number of benzene rings is 1. The summed E-state index contributed by atoms with van der Waals surface area (Å²) in [7, 11) is -3.71. The maximum absolute atomic E-state index is 11.8. The second kappa shape index (κ2) is 11.9. The Morgan fingerprint density at radius 3 is 1.91 bits per heavy atom. The minimum Gasteiger partial charge on any atom is -0.366 e. The van der Waals surface area contributed by atoms with Crippen molar-refractivity contribution in [2.24, 2.45) is 0 Å². The standard InChI is InChI=1S/C10H8N3O2S.Ag.Ce.NO3/c14-16(15,9-5-2-1-3-6-9)13-10-11-7-4-8-12-10;;;2-1(3)4/h1-8H;;;/q-1;+1;+3;-1. The summed E-state index contributed by atoms with van der Waals surface area (Å²) in [6, 6.07) is 9.54. The summed E-state index contributed by atoms with van der Waals surface area (Å²) in [5.74, 6) is -0.0636. The van der Waals surface area contributed by atoms with Gasteiger partial charge in [0.25, 0.3) is 0 Å². The summed E-state index contributed by atoms with van der Waals surface area (Å²) in [6.45, 7) is 0. The van der Waals surface area contributed by atoms with Gasteiger partial charge in [0.05, 0.1) is 9.98 Å². The largest absolute Gasteiger partial charge is 3.00 e. The molecule has 0 saturated carbocycles. The molecule has 0 atom stereocenters. The van der Waals surface area contributed by atoms with Crippen molar-refractivity contribution in [1.82, 2.24) is 9.97 Å². The van der Waals surface area contributed by atoms with Gasteiger partial charge in [-0.15, -0.1) is 0 Å². The first kappa shape index (κ1) is 23.6. The molecule has 12 heteroatoms. The van der Waals surface area contributed by atoms with Crippen LogP contribution in [0.2, 0.25) is 0 Å². The molecule has 0 unspecified atom stereocenters. The zero-order valence-corrected chi connectivity index (χ0v) is 16.1. The summed E-state index contributed by atoms with van der Waals surface area (Å²) in [6.07, 6.45) is 2.87. The maximum atomic E-state index is 11.8. The van der Waals surface area contributed by atoms with Crippen LogP contribution in [0.1, 0.15) is 0 Å². The van der Waals surface area contributed by atoms with Crippen molar-refractivity contribution in [2.45, 2.75) is 4.90 Å². The predicted molar refractivity (Wildman–Crippen MR) is 69.0 cm³/mol. The van der Waals surface area contributed by atoms with E-state index in [4.69, 9.17) is 15.3 Å². The Kier molecular flexibility index (Phi) is 12.8. The van der Waals surface area contributed by atoms with E-state index < -0.39 is 15.1 Å². The molecule has 2 aromatic rings. The molecular formula is C10H8AgCeN4O5S+2. The fraction of sp³-hybridized carbons (Fsp3) is 0. The molecule has 1 aromatic heterocycles. The number of rotatable bonds is 3. The van der Waals surface area contributed by atoms with Crippen LogP contribution in [0.15, 0.2) is 53.7 Å². The zero-order chi connectivity index (χ0) is 15.0. The molecule has 0 saturated heterocycles. The number of hydrogen-bond acceptors (Lipinski definition) is 7. The van der Waals surface area contributed by atoms with Crippen molar-refractivity contribution in [3.63, 3.8) is 0 Å². The third kappa shape index (κ3) is 9.40. The van der Waals surface area contributed by atoms with Crippen molar-refractivity contribution in [3.05, 3.63) is 68.8 Å². The van der Waals surface area contributed by atoms with Gasteiger partial charge in [-0.3, -0.25) is 4.72 Å². The molecular weight excluding hydrogens is 536 g/mol. The van der Waals surface area contributed by atoms with Crippen molar-refractivity contribution in [3.8, 4) is 0 Å². The Balaban J connectivity index is 0. The van der Waals surface area contributed by atoms with Gasteiger partial charge in [-0.05, 0) is 24.5 Å². The van der Waals surface area contributed by atoms with Gasteiger partial charge in [0.2, 0.25) is 10.0 Å². The average Bonchev–Trinajstić information content (AvgIpc) is 2.40. The van der Waals surface area contributed by atoms with E-state index in [-0.39, 0.29) is 75.0 Å². The molecule has 0 aliphatic rings. The third-order valence-corrected chi connectivity index (χ3v) is 3.07. The molecule has 1 aromatic carbocycles. The van der Waals surface area contributed by atoms with Gasteiger partial charge in [0.1, 0.15) is 0 Å². The fourth-order valence-electron chi connectivity index (χ4n) is 1.09. The molecule has 0 aliphatic heterocycles. The average molecular weight is 544 g/mol. The van der Waals surface area contributed by atoms with Crippen LogP contribution >= 0.6 is 0 Å². The van der Waals surface area contributed by atoms with Crippen molar-refractivity contribution < 1.29 is 77.6 Å². The topological polar surface area (TPSA) is 140 Å². The smallest absolute Gasteiger partial charge is 0.366 e. The summed E-state index contributed by atoms with van der Waals surface area (Å²) in [5.41, 5.74) is 0. The van der Waals surface area contributed by atoms with Gasteiger partial charge in [0, 0.05) is 5.95 Å². The summed E-state index contributed by atoms with van der Waals surface area (Å²) in [5, 5.41) is 14.8. The van der Waals surface area contributed by atoms with Gasteiger partial charge in [-0.2, -0.15) is 0 Å². The molecule has 0 amide bonds. The minimum absolute atomic E-state index is 0. The summed E-state index contributed by atoms with van der Waals surface area (Å²) < 4.78 is 27.0. The van der Waals surface area contributed by atoms with E-state index in [1.165, 1.54) is 24.5 Å².